The van der Waals surface area contributed by atoms with Crippen molar-refractivity contribution in [2.24, 2.45) is 5.92 Å². The van der Waals surface area contributed by atoms with Gasteiger partial charge in [-0.05, 0) is 18.1 Å². The van der Waals surface area contributed by atoms with Gasteiger partial charge < -0.3 is 4.57 Å². The van der Waals surface area contributed by atoms with E-state index in [2.05, 4.69) is 18.8 Å². The van der Waals surface area contributed by atoms with Gasteiger partial charge in [-0.1, -0.05) is 13.8 Å². The summed E-state index contributed by atoms with van der Waals surface area (Å²) in [6, 6.07) is 3.71. The third-order valence-corrected chi connectivity index (χ3v) is 2.34. The van der Waals surface area contributed by atoms with Crippen molar-refractivity contribution in [2.45, 2.75) is 20.4 Å². The Morgan fingerprint density at radius 1 is 1.40 bits per heavy atom. The first kappa shape index (κ1) is 9.90. The van der Waals surface area contributed by atoms with Gasteiger partial charge in [0, 0.05) is 30.5 Å². The number of hydrogen-bond donors (Lipinski definition) is 0. The van der Waals surface area contributed by atoms with Crippen LogP contribution >= 0.6 is 0 Å². The quantitative estimate of drug-likeness (QED) is 0.747. The molecule has 0 saturated heterocycles. The van der Waals surface area contributed by atoms with E-state index < -0.39 is 0 Å². The third kappa shape index (κ3) is 1.91. The number of pyridine rings is 2. The summed E-state index contributed by atoms with van der Waals surface area (Å²) in [5.41, 5.74) is 0.0728. The Hall–Kier alpha value is -1.64. The van der Waals surface area contributed by atoms with E-state index >= 15 is 0 Å². The maximum atomic E-state index is 12.0. The molecule has 0 aromatic carbocycles. The van der Waals surface area contributed by atoms with Crippen LogP contribution in [0.5, 0.6) is 0 Å². The Morgan fingerprint density at radius 2 is 2.20 bits per heavy atom. The lowest BCUT2D eigenvalue weighted by atomic mass is 10.2. The van der Waals surface area contributed by atoms with E-state index in [4.69, 9.17) is 0 Å². The average Bonchev–Trinajstić information content (AvgIpc) is 2.22. The summed E-state index contributed by atoms with van der Waals surface area (Å²) in [4.78, 5) is 16.0. The van der Waals surface area contributed by atoms with Crippen LogP contribution in [0.1, 0.15) is 13.8 Å². The Labute approximate surface area is 88.4 Å². The van der Waals surface area contributed by atoms with Gasteiger partial charge in [0.05, 0.1) is 5.39 Å². The molecule has 0 aliphatic rings. The molecule has 3 heteroatoms. The molecular formula is C12H14N2O. The van der Waals surface area contributed by atoms with Crippen molar-refractivity contribution in [3.63, 3.8) is 0 Å². The fraction of sp³-hybridized carbons (Fsp3) is 0.333. The highest BCUT2D eigenvalue weighted by Crippen LogP contribution is 2.07. The van der Waals surface area contributed by atoms with Crippen molar-refractivity contribution < 1.29 is 0 Å². The number of nitrogens with zero attached hydrogens (tertiary/aromatic N) is 2. The first-order valence-corrected chi connectivity index (χ1v) is 5.11. The molecule has 0 fully saturated rings. The smallest absolute Gasteiger partial charge is 0.258 e. The van der Waals surface area contributed by atoms with Gasteiger partial charge >= 0.3 is 0 Å². The Balaban J connectivity index is 2.60. The number of rotatable bonds is 2. The van der Waals surface area contributed by atoms with Crippen molar-refractivity contribution >= 4 is 10.8 Å². The van der Waals surface area contributed by atoms with Gasteiger partial charge in [0.15, 0.2) is 0 Å². The van der Waals surface area contributed by atoms with Crippen LogP contribution in [-0.4, -0.2) is 9.55 Å². The second-order valence-corrected chi connectivity index (χ2v) is 4.13. The van der Waals surface area contributed by atoms with E-state index in [-0.39, 0.29) is 5.56 Å². The lowest BCUT2D eigenvalue weighted by Gasteiger charge is -2.09. The highest BCUT2D eigenvalue weighted by atomic mass is 16.1. The van der Waals surface area contributed by atoms with Crippen molar-refractivity contribution in [3.8, 4) is 0 Å². The van der Waals surface area contributed by atoms with Crippen molar-refractivity contribution in [3.05, 3.63) is 41.1 Å². The molecule has 2 rings (SSSR count). The summed E-state index contributed by atoms with van der Waals surface area (Å²) >= 11 is 0. The second-order valence-electron chi connectivity index (χ2n) is 4.13. The largest absolute Gasteiger partial charge is 0.315 e. The molecule has 0 atom stereocenters. The topological polar surface area (TPSA) is 34.9 Å². The monoisotopic (exact) mass is 202 g/mol. The van der Waals surface area contributed by atoms with Gasteiger partial charge in [-0.3, -0.25) is 9.78 Å². The molecule has 0 amide bonds. The molecule has 0 N–H and O–H groups in total. The summed E-state index contributed by atoms with van der Waals surface area (Å²) in [7, 11) is 0. The highest BCUT2D eigenvalue weighted by molar-refractivity contribution is 5.79. The molecule has 15 heavy (non-hydrogen) atoms. The summed E-state index contributed by atoms with van der Waals surface area (Å²) in [6.07, 6.45) is 5.21. The molecule has 78 valence electrons. The Kier molecular flexibility index (Phi) is 2.54. The molecular weight excluding hydrogens is 188 g/mol. The molecule has 3 nitrogen and oxygen atoms in total. The van der Waals surface area contributed by atoms with Crippen molar-refractivity contribution in [1.82, 2.24) is 9.55 Å². The second kappa shape index (κ2) is 3.85. The molecule has 0 saturated carbocycles. The lowest BCUT2D eigenvalue weighted by molar-refractivity contribution is 0.513. The minimum Gasteiger partial charge on any atom is -0.315 e. The molecule has 2 heterocycles. The maximum absolute atomic E-state index is 12.0. The number of fused-ring (bicyclic) bond motifs is 1. The molecule has 0 unspecified atom stereocenters. The first-order chi connectivity index (χ1) is 7.18. The normalized spacial score (nSPS) is 11.1. The highest BCUT2D eigenvalue weighted by Gasteiger charge is 2.03. The van der Waals surface area contributed by atoms with E-state index in [1.807, 2.05) is 12.3 Å². The molecule has 0 bridgehead atoms. The molecule has 0 radical (unpaired) electrons. The first-order valence-electron chi connectivity index (χ1n) is 5.11. The summed E-state index contributed by atoms with van der Waals surface area (Å²) in [6.45, 7) is 4.96. The standard InChI is InChI=1S/C12H14N2O/c1-9(2)8-14-6-4-10-7-13-5-3-11(10)12(14)15/h3-7,9H,8H2,1-2H3. The van der Waals surface area contributed by atoms with Gasteiger partial charge in [-0.15, -0.1) is 0 Å². The zero-order chi connectivity index (χ0) is 10.8. The lowest BCUT2D eigenvalue weighted by Crippen LogP contribution is -2.21. The van der Waals surface area contributed by atoms with Crippen LogP contribution in [-0.2, 0) is 6.54 Å². The maximum Gasteiger partial charge on any atom is 0.258 e. The van der Waals surface area contributed by atoms with Gasteiger partial charge in [0.1, 0.15) is 0 Å². The zero-order valence-electron chi connectivity index (χ0n) is 8.97. The van der Waals surface area contributed by atoms with Gasteiger partial charge in [-0.2, -0.15) is 0 Å². The van der Waals surface area contributed by atoms with Crippen molar-refractivity contribution in [2.75, 3.05) is 0 Å². The molecule has 0 aliphatic heterocycles. The summed E-state index contributed by atoms with van der Waals surface area (Å²) in [5, 5.41) is 1.65. The van der Waals surface area contributed by atoms with Crippen LogP contribution in [0.15, 0.2) is 35.5 Å². The molecule has 2 aromatic rings. The number of aromatic nitrogens is 2. The van der Waals surface area contributed by atoms with Gasteiger partial charge in [0.25, 0.3) is 5.56 Å². The van der Waals surface area contributed by atoms with Crippen LogP contribution in [0.4, 0.5) is 0 Å². The van der Waals surface area contributed by atoms with E-state index in [1.54, 1.807) is 23.0 Å². The van der Waals surface area contributed by atoms with Crippen molar-refractivity contribution in [1.29, 1.82) is 0 Å². The van der Waals surface area contributed by atoms with E-state index in [9.17, 15) is 4.79 Å². The van der Waals surface area contributed by atoms with Gasteiger partial charge in [-0.25, -0.2) is 0 Å². The van der Waals surface area contributed by atoms with E-state index in [0.29, 0.717) is 5.92 Å². The minimum atomic E-state index is 0.0728. The Bertz CT molecular complexity index is 528. The van der Waals surface area contributed by atoms with Gasteiger partial charge in [0.2, 0.25) is 0 Å². The molecule has 0 spiro atoms. The minimum absolute atomic E-state index is 0.0728. The van der Waals surface area contributed by atoms with Crippen LogP contribution in [0.3, 0.4) is 0 Å². The summed E-state index contributed by atoms with van der Waals surface area (Å²) in [5.74, 6) is 0.474. The predicted octanol–water partition coefficient (Wildman–Crippen LogP) is 2.05. The molecule has 2 aromatic heterocycles. The summed E-state index contributed by atoms with van der Waals surface area (Å²) < 4.78 is 1.76. The van der Waals surface area contributed by atoms with Crippen LogP contribution in [0.2, 0.25) is 0 Å². The predicted molar refractivity (Wildman–Crippen MR) is 60.8 cm³/mol. The third-order valence-electron chi connectivity index (χ3n) is 2.34. The fourth-order valence-electron chi connectivity index (χ4n) is 1.66. The van der Waals surface area contributed by atoms with E-state index in [0.717, 1.165) is 17.3 Å². The Morgan fingerprint density at radius 3 is 2.93 bits per heavy atom. The van der Waals surface area contributed by atoms with E-state index in [1.165, 1.54) is 0 Å². The zero-order valence-corrected chi connectivity index (χ0v) is 8.97. The molecule has 0 aliphatic carbocycles. The number of hydrogen-bond acceptors (Lipinski definition) is 2. The SMILES string of the molecule is CC(C)Cn1ccc2cnccc2c1=O. The van der Waals surface area contributed by atoms with Crippen LogP contribution in [0.25, 0.3) is 10.8 Å². The van der Waals surface area contributed by atoms with Crippen LogP contribution < -0.4 is 5.56 Å². The average molecular weight is 202 g/mol. The fourth-order valence-corrected chi connectivity index (χ4v) is 1.66. The van der Waals surface area contributed by atoms with Crippen LogP contribution in [0, 0.1) is 5.92 Å².